The van der Waals surface area contributed by atoms with Crippen LogP contribution in [0.25, 0.3) is 0 Å². The Hall–Kier alpha value is -1.44. The highest BCUT2D eigenvalue weighted by Crippen LogP contribution is 2.37. The molecule has 2 heteroatoms. The van der Waals surface area contributed by atoms with E-state index in [2.05, 4.69) is 32.1 Å². The Morgan fingerprint density at radius 3 is 2.47 bits per heavy atom. The first-order chi connectivity index (χ1) is 14.6. The Kier molecular flexibility index (Phi) is 9.15. The molecule has 0 saturated heterocycles. The molecule has 0 aliphatic heterocycles. The first-order valence-corrected chi connectivity index (χ1v) is 12.4. The average molecular weight is 415 g/mol. The molecule has 0 nitrogen and oxygen atoms in total. The number of unbranched alkanes of at least 4 members (excludes halogenated alkanes) is 2. The third-order valence-electron chi connectivity index (χ3n) is 7.28. The number of hydrogen-bond acceptors (Lipinski definition) is 0. The number of hydrogen-bond donors (Lipinski definition) is 0. The van der Waals surface area contributed by atoms with Crippen LogP contribution < -0.4 is 0 Å². The van der Waals surface area contributed by atoms with E-state index in [1.807, 2.05) is 12.1 Å². The van der Waals surface area contributed by atoms with E-state index in [1.54, 1.807) is 5.57 Å². The summed E-state index contributed by atoms with van der Waals surface area (Å²) < 4.78 is 29.3. The maximum absolute atomic E-state index is 14.7. The number of halogens is 2. The van der Waals surface area contributed by atoms with Crippen molar-refractivity contribution in [3.05, 3.63) is 58.7 Å². The average Bonchev–Trinajstić information content (AvgIpc) is 2.76. The van der Waals surface area contributed by atoms with E-state index in [4.69, 9.17) is 0 Å². The molecular weight excluding hydrogens is 374 g/mol. The van der Waals surface area contributed by atoms with Crippen LogP contribution in [-0.4, -0.2) is 0 Å². The summed E-state index contributed by atoms with van der Waals surface area (Å²) in [5.74, 6) is 0.307. The number of rotatable bonds is 9. The lowest BCUT2D eigenvalue weighted by molar-refractivity contribution is 0.339. The second-order valence-electron chi connectivity index (χ2n) is 9.72. The Morgan fingerprint density at radius 1 is 0.967 bits per heavy atom. The Bertz CT molecular complexity index is 722. The molecule has 30 heavy (non-hydrogen) atoms. The molecule has 0 bridgehead atoms. The first kappa shape index (κ1) is 23.2. The Morgan fingerprint density at radius 2 is 1.77 bits per heavy atom. The van der Waals surface area contributed by atoms with Gasteiger partial charge in [0.1, 0.15) is 0 Å². The van der Waals surface area contributed by atoms with Crippen molar-refractivity contribution in [2.24, 2.45) is 11.8 Å². The lowest BCUT2D eigenvalue weighted by Crippen LogP contribution is -2.13. The van der Waals surface area contributed by atoms with Gasteiger partial charge in [0.25, 0.3) is 0 Å². The molecule has 1 fully saturated rings. The second-order valence-corrected chi connectivity index (χ2v) is 9.72. The highest BCUT2D eigenvalue weighted by Gasteiger charge is 2.24. The molecule has 0 aromatic heterocycles. The van der Waals surface area contributed by atoms with Gasteiger partial charge in [-0.3, -0.25) is 0 Å². The third-order valence-corrected chi connectivity index (χ3v) is 7.28. The normalized spacial score (nSPS) is 24.9. The van der Waals surface area contributed by atoms with Crippen LogP contribution in [0.15, 0.2) is 35.9 Å². The minimum Gasteiger partial charge on any atom is -0.203 e. The minimum atomic E-state index is -0.614. The van der Waals surface area contributed by atoms with Crippen LogP contribution in [-0.2, 0) is 6.42 Å². The zero-order valence-electron chi connectivity index (χ0n) is 19.1. The van der Waals surface area contributed by atoms with Crippen molar-refractivity contribution in [1.29, 1.82) is 0 Å². The highest BCUT2D eigenvalue weighted by molar-refractivity contribution is 5.29. The standard InChI is InChI=1S/C28H40F2/c1-3-4-5-8-22-13-15-23(16-14-22)9-6-7-10-25-19-20-26(28(30)27(25)29)24-17-11-21(2)12-18-24/h6,9,13,19-21,23-24H,3-5,7-8,10-12,14-18H2,1-2H3. The van der Waals surface area contributed by atoms with Gasteiger partial charge in [-0.15, -0.1) is 0 Å². The van der Waals surface area contributed by atoms with E-state index in [0.717, 1.165) is 38.5 Å². The van der Waals surface area contributed by atoms with E-state index in [9.17, 15) is 8.78 Å². The summed E-state index contributed by atoms with van der Waals surface area (Å²) in [5, 5.41) is 0. The topological polar surface area (TPSA) is 0 Å². The largest absolute Gasteiger partial charge is 0.203 e. The van der Waals surface area contributed by atoms with Gasteiger partial charge in [-0.1, -0.05) is 75.5 Å². The molecule has 2 aliphatic carbocycles. The van der Waals surface area contributed by atoms with E-state index >= 15 is 0 Å². The molecule has 0 radical (unpaired) electrons. The molecular formula is C28H40F2. The van der Waals surface area contributed by atoms with E-state index in [0.29, 0.717) is 29.4 Å². The van der Waals surface area contributed by atoms with Gasteiger partial charge >= 0.3 is 0 Å². The van der Waals surface area contributed by atoms with Crippen LogP contribution in [0.3, 0.4) is 0 Å². The van der Waals surface area contributed by atoms with Gasteiger partial charge in [0, 0.05) is 0 Å². The van der Waals surface area contributed by atoms with Crippen LogP contribution in [0.1, 0.15) is 108 Å². The van der Waals surface area contributed by atoms with E-state index in [-0.39, 0.29) is 5.92 Å². The van der Waals surface area contributed by atoms with Crippen molar-refractivity contribution in [2.75, 3.05) is 0 Å². The Labute approximate surface area is 182 Å². The number of aryl methyl sites for hydroxylation is 1. The molecule has 0 amide bonds. The molecule has 1 saturated carbocycles. The fourth-order valence-electron chi connectivity index (χ4n) is 5.12. The van der Waals surface area contributed by atoms with Gasteiger partial charge in [-0.2, -0.15) is 0 Å². The van der Waals surface area contributed by atoms with Gasteiger partial charge in [0.05, 0.1) is 0 Å². The van der Waals surface area contributed by atoms with Gasteiger partial charge in [-0.05, 0) is 86.7 Å². The lowest BCUT2D eigenvalue weighted by Gasteiger charge is -2.27. The van der Waals surface area contributed by atoms with Crippen molar-refractivity contribution >= 4 is 0 Å². The van der Waals surface area contributed by atoms with E-state index < -0.39 is 11.6 Å². The van der Waals surface area contributed by atoms with E-state index in [1.165, 1.54) is 38.5 Å². The number of benzene rings is 1. The molecule has 1 atom stereocenters. The predicted molar refractivity (Wildman–Crippen MR) is 124 cm³/mol. The maximum Gasteiger partial charge on any atom is 0.162 e. The second kappa shape index (κ2) is 11.8. The zero-order chi connectivity index (χ0) is 21.3. The Balaban J connectivity index is 1.46. The number of allylic oxidation sites excluding steroid dienone is 4. The molecule has 0 heterocycles. The molecule has 166 valence electrons. The molecule has 3 rings (SSSR count). The fraction of sp³-hybridized carbons (Fsp3) is 0.643. The molecule has 1 aromatic carbocycles. The van der Waals surface area contributed by atoms with Crippen molar-refractivity contribution < 1.29 is 8.78 Å². The van der Waals surface area contributed by atoms with Gasteiger partial charge in [0.2, 0.25) is 0 Å². The van der Waals surface area contributed by atoms with Crippen LogP contribution in [0, 0.1) is 23.5 Å². The SMILES string of the molecule is CCCCCC1=CCC(C=CCCc2ccc(C3CCC(C)CC3)c(F)c2F)CC1. The first-order valence-electron chi connectivity index (χ1n) is 12.4. The molecule has 0 spiro atoms. The molecule has 0 N–H and O–H groups in total. The van der Waals surface area contributed by atoms with Gasteiger partial charge < -0.3 is 0 Å². The smallest absolute Gasteiger partial charge is 0.162 e. The fourth-order valence-corrected chi connectivity index (χ4v) is 5.12. The quantitative estimate of drug-likeness (QED) is 0.279. The summed E-state index contributed by atoms with van der Waals surface area (Å²) in [6, 6.07) is 3.68. The maximum atomic E-state index is 14.7. The summed E-state index contributed by atoms with van der Waals surface area (Å²) in [6.45, 7) is 4.50. The summed E-state index contributed by atoms with van der Waals surface area (Å²) in [7, 11) is 0. The third kappa shape index (κ3) is 6.53. The van der Waals surface area contributed by atoms with Gasteiger partial charge in [0.15, 0.2) is 11.6 Å². The summed E-state index contributed by atoms with van der Waals surface area (Å²) >= 11 is 0. The molecule has 2 aliphatic rings. The summed E-state index contributed by atoms with van der Waals surface area (Å²) in [5.41, 5.74) is 2.76. The summed E-state index contributed by atoms with van der Waals surface area (Å²) in [4.78, 5) is 0. The lowest BCUT2D eigenvalue weighted by atomic mass is 9.79. The molecule has 1 aromatic rings. The highest BCUT2D eigenvalue weighted by atomic mass is 19.2. The van der Waals surface area contributed by atoms with Crippen molar-refractivity contribution in [3.8, 4) is 0 Å². The molecule has 1 unspecified atom stereocenters. The predicted octanol–water partition coefficient (Wildman–Crippen LogP) is 9.05. The summed E-state index contributed by atoms with van der Waals surface area (Å²) in [6.07, 6.45) is 21.3. The van der Waals surface area contributed by atoms with Crippen molar-refractivity contribution in [3.63, 3.8) is 0 Å². The van der Waals surface area contributed by atoms with Crippen LogP contribution in [0.2, 0.25) is 0 Å². The minimum absolute atomic E-state index is 0.191. The monoisotopic (exact) mass is 414 g/mol. The van der Waals surface area contributed by atoms with Crippen LogP contribution in [0.4, 0.5) is 8.78 Å². The van der Waals surface area contributed by atoms with Crippen LogP contribution in [0.5, 0.6) is 0 Å². The van der Waals surface area contributed by atoms with Crippen molar-refractivity contribution in [2.45, 2.75) is 103 Å². The van der Waals surface area contributed by atoms with Crippen molar-refractivity contribution in [1.82, 2.24) is 0 Å². The zero-order valence-corrected chi connectivity index (χ0v) is 19.1. The van der Waals surface area contributed by atoms with Crippen LogP contribution >= 0.6 is 0 Å². The van der Waals surface area contributed by atoms with Gasteiger partial charge in [-0.25, -0.2) is 8.78 Å².